The van der Waals surface area contributed by atoms with Gasteiger partial charge < -0.3 is 0 Å². The van der Waals surface area contributed by atoms with Crippen molar-refractivity contribution in [2.75, 3.05) is 0 Å². The van der Waals surface area contributed by atoms with Crippen LogP contribution < -0.4 is 0 Å². The van der Waals surface area contributed by atoms with Gasteiger partial charge in [-0.1, -0.05) is 31.2 Å². The van der Waals surface area contributed by atoms with Crippen LogP contribution in [0.4, 0.5) is 0 Å². The van der Waals surface area contributed by atoms with Crippen molar-refractivity contribution in [2.45, 2.75) is 13.3 Å². The summed E-state index contributed by atoms with van der Waals surface area (Å²) in [6, 6.07) is 8.80. The fourth-order valence-corrected chi connectivity index (χ4v) is 1.11. The molecule has 0 aliphatic rings. The number of benzene rings is 1. The largest absolute Gasteiger partial charge is 0.277 e. The van der Waals surface area contributed by atoms with E-state index in [9.17, 15) is 4.79 Å². The third kappa shape index (κ3) is 1.51. The Balaban J connectivity index is 3.15. The molecule has 0 aliphatic heterocycles. The zero-order valence-corrected chi connectivity index (χ0v) is 6.87. The van der Waals surface area contributed by atoms with E-state index in [0.717, 1.165) is 12.0 Å². The Morgan fingerprint density at radius 3 is 2.75 bits per heavy atom. The molecule has 60 valence electrons. The molecule has 1 aromatic rings. The summed E-state index contributed by atoms with van der Waals surface area (Å²) < 4.78 is 0. The Labute approximate surface area is 71.4 Å². The van der Waals surface area contributed by atoms with E-state index < -0.39 is 5.78 Å². The number of nitriles is 1. The van der Waals surface area contributed by atoms with Crippen molar-refractivity contribution in [3.63, 3.8) is 0 Å². The minimum Gasteiger partial charge on any atom is -0.277 e. The van der Waals surface area contributed by atoms with Gasteiger partial charge in [0.2, 0.25) is 0 Å². The molecule has 2 nitrogen and oxygen atoms in total. The van der Waals surface area contributed by atoms with Gasteiger partial charge in [-0.2, -0.15) is 5.26 Å². The van der Waals surface area contributed by atoms with E-state index in [1.807, 2.05) is 19.1 Å². The zero-order valence-electron chi connectivity index (χ0n) is 6.87. The fourth-order valence-electron chi connectivity index (χ4n) is 1.11. The molecule has 0 atom stereocenters. The maximum absolute atomic E-state index is 11.0. The van der Waals surface area contributed by atoms with Gasteiger partial charge in [0.25, 0.3) is 5.78 Å². The maximum atomic E-state index is 11.0. The molecular weight excluding hydrogens is 150 g/mol. The molecule has 0 bridgehead atoms. The van der Waals surface area contributed by atoms with Gasteiger partial charge in [-0.05, 0) is 12.0 Å². The van der Waals surface area contributed by atoms with Crippen LogP contribution in [0.25, 0.3) is 0 Å². The molecule has 0 aliphatic carbocycles. The number of carbonyl (C=O) groups is 1. The standard InChI is InChI=1S/C10H9NO/c1-2-8-5-3-4-6-9(8)10(12)7-11/h3-6H,2H2,1H3. The van der Waals surface area contributed by atoms with E-state index in [2.05, 4.69) is 0 Å². The van der Waals surface area contributed by atoms with Crippen LogP contribution in [0.15, 0.2) is 24.3 Å². The van der Waals surface area contributed by atoms with Crippen molar-refractivity contribution in [2.24, 2.45) is 0 Å². The van der Waals surface area contributed by atoms with Crippen molar-refractivity contribution in [3.8, 4) is 6.07 Å². The average molecular weight is 159 g/mol. The van der Waals surface area contributed by atoms with E-state index in [1.165, 1.54) is 0 Å². The average Bonchev–Trinajstić information content (AvgIpc) is 2.16. The maximum Gasteiger partial charge on any atom is 0.262 e. The van der Waals surface area contributed by atoms with E-state index in [0.29, 0.717) is 5.56 Å². The quantitative estimate of drug-likeness (QED) is 0.489. The smallest absolute Gasteiger partial charge is 0.262 e. The SMILES string of the molecule is CCc1ccccc1C(=O)C#N. The second-order valence-corrected chi connectivity index (χ2v) is 2.45. The lowest BCUT2D eigenvalue weighted by Crippen LogP contribution is -1.99. The van der Waals surface area contributed by atoms with E-state index in [-0.39, 0.29) is 0 Å². The Morgan fingerprint density at radius 1 is 1.50 bits per heavy atom. The fraction of sp³-hybridized carbons (Fsp3) is 0.200. The molecule has 0 spiro atoms. The van der Waals surface area contributed by atoms with Crippen LogP contribution in [0.2, 0.25) is 0 Å². The number of hydrogen-bond acceptors (Lipinski definition) is 2. The molecule has 0 radical (unpaired) electrons. The first-order valence-corrected chi connectivity index (χ1v) is 3.82. The van der Waals surface area contributed by atoms with Gasteiger partial charge in [0.05, 0.1) is 0 Å². The number of Topliss-reactive ketones (excluding diaryl/α,β-unsaturated/α-hetero) is 1. The van der Waals surface area contributed by atoms with Crippen LogP contribution in [0.5, 0.6) is 0 Å². The van der Waals surface area contributed by atoms with E-state index in [1.54, 1.807) is 18.2 Å². The highest BCUT2D eigenvalue weighted by atomic mass is 16.1. The predicted molar refractivity (Wildman–Crippen MR) is 45.8 cm³/mol. The molecule has 0 fully saturated rings. The Hall–Kier alpha value is -1.62. The summed E-state index contributed by atoms with van der Waals surface area (Å²) in [6.45, 7) is 1.96. The zero-order chi connectivity index (χ0) is 8.97. The minimum atomic E-state index is -0.451. The lowest BCUT2D eigenvalue weighted by Gasteiger charge is -2.00. The number of aryl methyl sites for hydroxylation is 1. The van der Waals surface area contributed by atoms with Crippen LogP contribution in [-0.4, -0.2) is 5.78 Å². The van der Waals surface area contributed by atoms with Crippen molar-refractivity contribution < 1.29 is 4.79 Å². The van der Waals surface area contributed by atoms with Crippen LogP contribution in [0.3, 0.4) is 0 Å². The van der Waals surface area contributed by atoms with Gasteiger partial charge in [0.15, 0.2) is 0 Å². The van der Waals surface area contributed by atoms with Crippen LogP contribution in [0, 0.1) is 11.3 Å². The van der Waals surface area contributed by atoms with Gasteiger partial charge in [-0.25, -0.2) is 0 Å². The van der Waals surface area contributed by atoms with Gasteiger partial charge >= 0.3 is 0 Å². The normalized spacial score (nSPS) is 9.00. The summed E-state index contributed by atoms with van der Waals surface area (Å²) in [5, 5.41) is 8.41. The molecule has 1 aromatic carbocycles. The highest BCUT2D eigenvalue weighted by molar-refractivity contribution is 6.08. The molecule has 0 aromatic heterocycles. The summed E-state index contributed by atoms with van der Waals surface area (Å²) in [5.41, 5.74) is 1.46. The summed E-state index contributed by atoms with van der Waals surface area (Å²) in [5.74, 6) is -0.451. The van der Waals surface area contributed by atoms with E-state index in [4.69, 9.17) is 5.26 Å². The van der Waals surface area contributed by atoms with Gasteiger partial charge in [0.1, 0.15) is 6.07 Å². The summed E-state index contributed by atoms with van der Waals surface area (Å²) in [6.07, 6.45) is 0.781. The lowest BCUT2D eigenvalue weighted by atomic mass is 10.0. The molecule has 0 N–H and O–H groups in total. The molecule has 1 rings (SSSR count). The molecule has 0 unspecified atom stereocenters. The van der Waals surface area contributed by atoms with Crippen molar-refractivity contribution in [1.82, 2.24) is 0 Å². The topological polar surface area (TPSA) is 40.9 Å². The monoisotopic (exact) mass is 159 g/mol. The molecule has 0 saturated carbocycles. The number of ketones is 1. The summed E-state index contributed by atoms with van der Waals surface area (Å²) >= 11 is 0. The van der Waals surface area contributed by atoms with Gasteiger partial charge in [-0.3, -0.25) is 4.79 Å². The van der Waals surface area contributed by atoms with Crippen LogP contribution in [0.1, 0.15) is 22.8 Å². The second-order valence-electron chi connectivity index (χ2n) is 2.45. The molecule has 2 heteroatoms. The van der Waals surface area contributed by atoms with E-state index >= 15 is 0 Å². The highest BCUT2D eigenvalue weighted by Gasteiger charge is 2.07. The summed E-state index contributed by atoms with van der Waals surface area (Å²) in [7, 11) is 0. The predicted octanol–water partition coefficient (Wildman–Crippen LogP) is 1.96. The number of hydrogen-bond donors (Lipinski definition) is 0. The summed E-state index contributed by atoms with van der Waals surface area (Å²) in [4.78, 5) is 11.0. The number of rotatable bonds is 2. The first kappa shape index (κ1) is 8.48. The van der Waals surface area contributed by atoms with Crippen molar-refractivity contribution in [3.05, 3.63) is 35.4 Å². The molecule has 0 heterocycles. The van der Waals surface area contributed by atoms with Crippen molar-refractivity contribution in [1.29, 1.82) is 5.26 Å². The number of carbonyl (C=O) groups excluding carboxylic acids is 1. The molecule has 0 amide bonds. The molecule has 0 saturated heterocycles. The third-order valence-corrected chi connectivity index (χ3v) is 1.74. The minimum absolute atomic E-state index is 0.451. The van der Waals surface area contributed by atoms with Gasteiger partial charge in [0, 0.05) is 5.56 Å². The first-order chi connectivity index (χ1) is 5.79. The Morgan fingerprint density at radius 2 is 2.17 bits per heavy atom. The van der Waals surface area contributed by atoms with Crippen molar-refractivity contribution >= 4 is 5.78 Å². The Kier molecular flexibility index (Phi) is 2.60. The highest BCUT2D eigenvalue weighted by Crippen LogP contribution is 2.09. The second kappa shape index (κ2) is 3.68. The Bertz CT molecular complexity index is 336. The number of nitrogens with zero attached hydrogens (tertiary/aromatic N) is 1. The third-order valence-electron chi connectivity index (χ3n) is 1.74. The van der Waals surface area contributed by atoms with Crippen LogP contribution >= 0.6 is 0 Å². The lowest BCUT2D eigenvalue weighted by molar-refractivity contribution is 0.105. The van der Waals surface area contributed by atoms with Gasteiger partial charge in [-0.15, -0.1) is 0 Å². The molecular formula is C10H9NO. The van der Waals surface area contributed by atoms with Crippen LogP contribution in [-0.2, 0) is 6.42 Å². The first-order valence-electron chi connectivity index (χ1n) is 3.82. The molecule has 12 heavy (non-hydrogen) atoms.